The van der Waals surface area contributed by atoms with E-state index in [-0.39, 0.29) is 12.7 Å². The van der Waals surface area contributed by atoms with Crippen LogP contribution in [0.4, 0.5) is 0 Å². The van der Waals surface area contributed by atoms with Crippen molar-refractivity contribution >= 4 is 6.08 Å². The van der Waals surface area contributed by atoms with E-state index < -0.39 is 0 Å². The van der Waals surface area contributed by atoms with E-state index in [1.54, 1.807) is 6.07 Å². The highest BCUT2D eigenvalue weighted by atomic mass is 16.5. The fraction of sp³-hybridized carbons (Fsp3) is 0.368. The number of ether oxygens (including phenoxy) is 1. The number of allylic oxidation sites excluding steroid dienone is 1. The van der Waals surface area contributed by atoms with Crippen molar-refractivity contribution < 1.29 is 14.9 Å². The van der Waals surface area contributed by atoms with E-state index in [1.807, 2.05) is 24.3 Å². The second-order valence-electron chi connectivity index (χ2n) is 5.50. The Morgan fingerprint density at radius 1 is 1.41 bits per heavy atom. The van der Waals surface area contributed by atoms with Crippen molar-refractivity contribution in [3.8, 4) is 5.75 Å². The van der Waals surface area contributed by atoms with Crippen LogP contribution < -0.4 is 0 Å². The van der Waals surface area contributed by atoms with E-state index in [0.29, 0.717) is 12.4 Å². The SMILES string of the molecule is C=C(CO)C1=CCOC1CC/C(=C/c1ccccc1O)CC. The van der Waals surface area contributed by atoms with Crippen molar-refractivity contribution in [1.29, 1.82) is 0 Å². The van der Waals surface area contributed by atoms with Crippen LogP contribution >= 0.6 is 0 Å². The normalized spacial score (nSPS) is 18.4. The van der Waals surface area contributed by atoms with Crippen LogP contribution in [-0.4, -0.2) is 29.5 Å². The number of rotatable bonds is 7. The summed E-state index contributed by atoms with van der Waals surface area (Å²) < 4.78 is 5.72. The van der Waals surface area contributed by atoms with Gasteiger partial charge in [-0.25, -0.2) is 0 Å². The number of hydrogen-bond acceptors (Lipinski definition) is 3. The zero-order valence-electron chi connectivity index (χ0n) is 13.1. The molecule has 2 rings (SSSR count). The van der Waals surface area contributed by atoms with Crippen LogP contribution in [0.5, 0.6) is 5.75 Å². The molecule has 1 aromatic carbocycles. The van der Waals surface area contributed by atoms with Crippen molar-refractivity contribution in [3.63, 3.8) is 0 Å². The van der Waals surface area contributed by atoms with Crippen LogP contribution in [0, 0.1) is 0 Å². The first-order valence-electron chi connectivity index (χ1n) is 7.73. The Kier molecular flexibility index (Phi) is 5.99. The number of para-hydroxylation sites is 1. The van der Waals surface area contributed by atoms with Crippen molar-refractivity contribution in [3.05, 3.63) is 59.2 Å². The van der Waals surface area contributed by atoms with Crippen LogP contribution in [0.1, 0.15) is 31.7 Å². The largest absolute Gasteiger partial charge is 0.507 e. The highest BCUT2D eigenvalue weighted by molar-refractivity contribution is 5.59. The first-order valence-corrected chi connectivity index (χ1v) is 7.73. The van der Waals surface area contributed by atoms with Crippen molar-refractivity contribution in [1.82, 2.24) is 0 Å². The Balaban J connectivity index is 2.01. The number of aliphatic hydroxyl groups is 1. The van der Waals surface area contributed by atoms with E-state index >= 15 is 0 Å². The van der Waals surface area contributed by atoms with E-state index in [4.69, 9.17) is 4.74 Å². The van der Waals surface area contributed by atoms with Gasteiger partial charge in [0.2, 0.25) is 0 Å². The Morgan fingerprint density at radius 2 is 2.18 bits per heavy atom. The molecule has 1 aromatic rings. The van der Waals surface area contributed by atoms with E-state index in [9.17, 15) is 10.2 Å². The Labute approximate surface area is 132 Å². The van der Waals surface area contributed by atoms with Gasteiger partial charge in [0, 0.05) is 5.56 Å². The average Bonchev–Trinajstić information content (AvgIpc) is 3.01. The standard InChI is InChI=1S/C19H24O3/c1-3-15(12-16-6-4-5-7-18(16)21)8-9-19-17(10-11-22-19)14(2)13-20/h4-7,10,12,19-21H,2-3,8-9,11,13H2,1H3/b15-12+. The Morgan fingerprint density at radius 3 is 2.86 bits per heavy atom. The minimum absolute atomic E-state index is 0.0129. The maximum atomic E-state index is 9.86. The zero-order valence-corrected chi connectivity index (χ0v) is 13.1. The number of phenolic OH excluding ortho intramolecular Hbond substituents is 1. The summed E-state index contributed by atoms with van der Waals surface area (Å²) in [4.78, 5) is 0. The summed E-state index contributed by atoms with van der Waals surface area (Å²) in [7, 11) is 0. The van der Waals surface area contributed by atoms with Gasteiger partial charge < -0.3 is 14.9 Å². The van der Waals surface area contributed by atoms with Gasteiger partial charge in [-0.3, -0.25) is 0 Å². The molecule has 0 saturated carbocycles. The summed E-state index contributed by atoms with van der Waals surface area (Å²) in [6.07, 6.45) is 6.75. The molecule has 1 heterocycles. The molecule has 2 N–H and O–H groups in total. The second-order valence-corrected chi connectivity index (χ2v) is 5.50. The second kappa shape index (κ2) is 7.97. The molecule has 3 heteroatoms. The third kappa shape index (κ3) is 4.09. The molecule has 1 unspecified atom stereocenters. The highest BCUT2D eigenvalue weighted by Crippen LogP contribution is 2.28. The minimum Gasteiger partial charge on any atom is -0.507 e. The third-order valence-electron chi connectivity index (χ3n) is 4.02. The van der Waals surface area contributed by atoms with Gasteiger partial charge in [-0.15, -0.1) is 0 Å². The molecule has 0 radical (unpaired) electrons. The van der Waals surface area contributed by atoms with Crippen molar-refractivity contribution in [2.45, 2.75) is 32.3 Å². The molecule has 0 fully saturated rings. The molecule has 1 aliphatic heterocycles. The predicted octanol–water partition coefficient (Wildman–Crippen LogP) is 3.84. The summed E-state index contributed by atoms with van der Waals surface area (Å²) in [5.74, 6) is 0.305. The van der Waals surface area contributed by atoms with Gasteiger partial charge in [-0.05, 0) is 36.5 Å². The number of aliphatic hydroxyl groups excluding tert-OH is 1. The minimum atomic E-state index is -0.0277. The lowest BCUT2D eigenvalue weighted by Gasteiger charge is -2.16. The molecule has 0 spiro atoms. The fourth-order valence-corrected chi connectivity index (χ4v) is 2.67. The summed E-state index contributed by atoms with van der Waals surface area (Å²) in [5.41, 5.74) is 3.89. The van der Waals surface area contributed by atoms with E-state index in [2.05, 4.69) is 19.6 Å². The number of benzene rings is 1. The van der Waals surface area contributed by atoms with Gasteiger partial charge in [0.1, 0.15) is 5.75 Å². The quantitative estimate of drug-likeness (QED) is 0.804. The van der Waals surface area contributed by atoms with Gasteiger partial charge in [0.25, 0.3) is 0 Å². The smallest absolute Gasteiger partial charge is 0.122 e. The maximum Gasteiger partial charge on any atom is 0.122 e. The molecule has 118 valence electrons. The Bertz CT molecular complexity index is 584. The molecular formula is C19H24O3. The molecule has 1 aliphatic rings. The van der Waals surface area contributed by atoms with Crippen LogP contribution in [-0.2, 0) is 4.74 Å². The van der Waals surface area contributed by atoms with Gasteiger partial charge in [-0.1, -0.05) is 49.4 Å². The molecular weight excluding hydrogens is 276 g/mol. The van der Waals surface area contributed by atoms with Gasteiger partial charge >= 0.3 is 0 Å². The fourth-order valence-electron chi connectivity index (χ4n) is 2.67. The molecule has 0 amide bonds. The molecule has 3 nitrogen and oxygen atoms in total. The van der Waals surface area contributed by atoms with Gasteiger partial charge in [-0.2, -0.15) is 0 Å². The van der Waals surface area contributed by atoms with Crippen LogP contribution in [0.25, 0.3) is 6.08 Å². The highest BCUT2D eigenvalue weighted by Gasteiger charge is 2.21. The van der Waals surface area contributed by atoms with Gasteiger partial charge in [0.15, 0.2) is 0 Å². The monoisotopic (exact) mass is 300 g/mol. The van der Waals surface area contributed by atoms with Crippen molar-refractivity contribution in [2.24, 2.45) is 0 Å². The number of aromatic hydroxyl groups is 1. The summed E-state index contributed by atoms with van der Waals surface area (Å²) in [6, 6.07) is 7.36. The molecule has 0 saturated heterocycles. The summed E-state index contributed by atoms with van der Waals surface area (Å²) >= 11 is 0. The van der Waals surface area contributed by atoms with Crippen molar-refractivity contribution in [2.75, 3.05) is 13.2 Å². The molecule has 0 bridgehead atoms. The lowest BCUT2D eigenvalue weighted by molar-refractivity contribution is 0.115. The maximum absolute atomic E-state index is 9.86. The van der Waals surface area contributed by atoms with E-state index in [1.165, 1.54) is 5.57 Å². The zero-order chi connectivity index (χ0) is 15.9. The van der Waals surface area contributed by atoms with Crippen LogP contribution in [0.15, 0.2) is 53.6 Å². The molecule has 0 aromatic heterocycles. The molecule has 22 heavy (non-hydrogen) atoms. The van der Waals surface area contributed by atoms with Crippen LogP contribution in [0.3, 0.4) is 0 Å². The lowest BCUT2D eigenvalue weighted by Crippen LogP contribution is -2.13. The first-order chi connectivity index (χ1) is 10.7. The van der Waals surface area contributed by atoms with Crippen LogP contribution in [0.2, 0.25) is 0 Å². The average molecular weight is 300 g/mol. The van der Waals surface area contributed by atoms with E-state index in [0.717, 1.165) is 36.0 Å². The summed E-state index contributed by atoms with van der Waals surface area (Å²) in [6.45, 7) is 6.56. The lowest BCUT2D eigenvalue weighted by atomic mass is 9.96. The third-order valence-corrected chi connectivity index (χ3v) is 4.02. The Hall–Kier alpha value is -1.84. The van der Waals surface area contributed by atoms with Gasteiger partial charge in [0.05, 0.1) is 19.3 Å². The number of phenols is 1. The molecule has 0 aliphatic carbocycles. The summed E-state index contributed by atoms with van der Waals surface area (Å²) in [5, 5.41) is 19.1. The predicted molar refractivity (Wildman–Crippen MR) is 89.7 cm³/mol. The number of hydrogen-bond donors (Lipinski definition) is 2. The first kappa shape index (κ1) is 16.5. The topological polar surface area (TPSA) is 49.7 Å². The molecule has 1 atom stereocenters.